The van der Waals surface area contributed by atoms with Crippen molar-refractivity contribution >= 4 is 17.9 Å². The van der Waals surface area contributed by atoms with Crippen LogP contribution in [0.5, 0.6) is 11.5 Å². The van der Waals surface area contributed by atoms with Gasteiger partial charge in [0.2, 0.25) is 12.7 Å². The van der Waals surface area contributed by atoms with Crippen LogP contribution >= 0.6 is 0 Å². The van der Waals surface area contributed by atoms with Gasteiger partial charge < -0.3 is 14.2 Å². The largest absolute Gasteiger partial charge is 0.454 e. The molecule has 0 spiro atoms. The minimum atomic E-state index is -0.624. The van der Waals surface area contributed by atoms with E-state index in [4.69, 9.17) is 14.2 Å². The van der Waals surface area contributed by atoms with Gasteiger partial charge in [-0.3, -0.25) is 0 Å². The molecular formula is C17H10FNO4. The highest BCUT2D eigenvalue weighted by atomic mass is 19.1. The van der Waals surface area contributed by atoms with Crippen LogP contribution < -0.4 is 9.47 Å². The van der Waals surface area contributed by atoms with Crippen molar-refractivity contribution in [2.45, 2.75) is 0 Å². The summed E-state index contributed by atoms with van der Waals surface area (Å²) >= 11 is 0. The highest BCUT2D eigenvalue weighted by molar-refractivity contribution is 6.12. The first-order valence-corrected chi connectivity index (χ1v) is 6.88. The summed E-state index contributed by atoms with van der Waals surface area (Å²) in [4.78, 5) is 16.0. The molecule has 2 heterocycles. The summed E-state index contributed by atoms with van der Waals surface area (Å²) in [6, 6.07) is 11.2. The van der Waals surface area contributed by atoms with E-state index in [1.54, 1.807) is 36.4 Å². The van der Waals surface area contributed by atoms with Gasteiger partial charge in [-0.1, -0.05) is 18.2 Å². The van der Waals surface area contributed by atoms with Gasteiger partial charge in [0.05, 0.1) is 5.56 Å². The zero-order chi connectivity index (χ0) is 15.8. The van der Waals surface area contributed by atoms with E-state index in [9.17, 15) is 9.18 Å². The fourth-order valence-corrected chi connectivity index (χ4v) is 2.32. The SMILES string of the molecule is O=C1OC(c2ccccc2F)=NC1=Cc1ccc2c(c1)OCO2. The minimum Gasteiger partial charge on any atom is -0.454 e. The second-order valence-electron chi connectivity index (χ2n) is 4.93. The monoisotopic (exact) mass is 311 g/mol. The molecule has 5 nitrogen and oxygen atoms in total. The van der Waals surface area contributed by atoms with E-state index in [-0.39, 0.29) is 24.0 Å². The Bertz CT molecular complexity index is 873. The van der Waals surface area contributed by atoms with Crippen molar-refractivity contribution in [1.82, 2.24) is 0 Å². The molecule has 0 aromatic heterocycles. The molecule has 2 aliphatic heterocycles. The van der Waals surface area contributed by atoms with Crippen molar-refractivity contribution in [3.05, 3.63) is 65.1 Å². The van der Waals surface area contributed by atoms with Gasteiger partial charge in [-0.25, -0.2) is 14.2 Å². The number of cyclic esters (lactones) is 1. The smallest absolute Gasteiger partial charge is 0.363 e. The summed E-state index contributed by atoms with van der Waals surface area (Å²) in [6.45, 7) is 0.174. The van der Waals surface area contributed by atoms with E-state index >= 15 is 0 Å². The second-order valence-corrected chi connectivity index (χ2v) is 4.93. The van der Waals surface area contributed by atoms with Gasteiger partial charge in [0, 0.05) is 0 Å². The number of rotatable bonds is 2. The van der Waals surface area contributed by atoms with Crippen molar-refractivity contribution in [2.75, 3.05) is 6.79 Å². The van der Waals surface area contributed by atoms with Gasteiger partial charge in [0.1, 0.15) is 5.82 Å². The number of esters is 1. The highest BCUT2D eigenvalue weighted by Gasteiger charge is 2.26. The lowest BCUT2D eigenvalue weighted by atomic mass is 10.1. The normalized spacial score (nSPS) is 17.3. The number of benzene rings is 2. The standard InChI is InChI=1S/C17H10FNO4/c18-12-4-2-1-3-11(12)16-19-13(17(20)23-16)7-10-5-6-14-15(8-10)22-9-21-14/h1-8H,9H2. The summed E-state index contributed by atoms with van der Waals surface area (Å²) in [7, 11) is 0. The Morgan fingerprint density at radius 2 is 1.91 bits per heavy atom. The van der Waals surface area contributed by atoms with Gasteiger partial charge in [-0.15, -0.1) is 0 Å². The van der Waals surface area contributed by atoms with Gasteiger partial charge in [0.25, 0.3) is 0 Å². The molecule has 0 amide bonds. The Labute approximate surface area is 130 Å². The number of ether oxygens (including phenoxy) is 3. The molecule has 0 N–H and O–H groups in total. The van der Waals surface area contributed by atoms with Crippen molar-refractivity contribution in [3.8, 4) is 11.5 Å². The van der Waals surface area contributed by atoms with Crippen LogP contribution in [0, 0.1) is 5.82 Å². The number of nitrogens with zero attached hydrogens (tertiary/aromatic N) is 1. The molecule has 6 heteroatoms. The Morgan fingerprint density at radius 3 is 2.78 bits per heavy atom. The number of fused-ring (bicyclic) bond motifs is 1. The Balaban J connectivity index is 1.69. The minimum absolute atomic E-state index is 0.0416. The molecule has 0 unspecified atom stereocenters. The van der Waals surface area contributed by atoms with Crippen LogP contribution in [-0.2, 0) is 9.53 Å². The summed E-state index contributed by atoms with van der Waals surface area (Å²) in [5.74, 6) is 0.0881. The van der Waals surface area contributed by atoms with E-state index in [2.05, 4.69) is 4.99 Å². The lowest BCUT2D eigenvalue weighted by Gasteiger charge is -1.99. The average Bonchev–Trinajstić information content (AvgIpc) is 3.14. The Kier molecular flexibility index (Phi) is 3.08. The molecule has 23 heavy (non-hydrogen) atoms. The van der Waals surface area contributed by atoms with Crippen molar-refractivity contribution in [1.29, 1.82) is 0 Å². The summed E-state index contributed by atoms with van der Waals surface area (Å²) in [6.07, 6.45) is 1.55. The second kappa shape index (κ2) is 5.24. The van der Waals surface area contributed by atoms with Crippen LogP contribution in [0.4, 0.5) is 4.39 Å². The molecule has 0 bridgehead atoms. The third kappa shape index (κ3) is 2.44. The molecule has 0 atom stereocenters. The summed E-state index contributed by atoms with van der Waals surface area (Å²) in [5, 5.41) is 0. The summed E-state index contributed by atoms with van der Waals surface area (Å²) in [5.41, 5.74) is 0.955. The predicted octanol–water partition coefficient (Wildman–Crippen LogP) is 2.90. The lowest BCUT2D eigenvalue weighted by molar-refractivity contribution is -0.129. The molecule has 0 saturated heterocycles. The van der Waals surface area contributed by atoms with Gasteiger partial charge in [-0.2, -0.15) is 0 Å². The van der Waals surface area contributed by atoms with E-state index in [0.29, 0.717) is 17.1 Å². The van der Waals surface area contributed by atoms with Crippen LogP contribution in [0.1, 0.15) is 11.1 Å². The van der Waals surface area contributed by atoms with Crippen LogP contribution in [-0.4, -0.2) is 18.7 Å². The fourth-order valence-electron chi connectivity index (χ4n) is 2.32. The highest BCUT2D eigenvalue weighted by Crippen LogP contribution is 2.33. The number of hydrogen-bond acceptors (Lipinski definition) is 5. The van der Waals surface area contributed by atoms with Gasteiger partial charge in [-0.05, 0) is 35.9 Å². The van der Waals surface area contributed by atoms with Crippen LogP contribution in [0.2, 0.25) is 0 Å². The molecule has 2 aromatic carbocycles. The van der Waals surface area contributed by atoms with Crippen molar-refractivity contribution < 1.29 is 23.4 Å². The molecule has 0 saturated carbocycles. The van der Waals surface area contributed by atoms with E-state index < -0.39 is 11.8 Å². The molecular weight excluding hydrogens is 301 g/mol. The third-order valence-electron chi connectivity index (χ3n) is 3.42. The van der Waals surface area contributed by atoms with Crippen molar-refractivity contribution in [2.24, 2.45) is 4.99 Å². The lowest BCUT2D eigenvalue weighted by Crippen LogP contribution is -2.07. The number of hydrogen-bond donors (Lipinski definition) is 0. The summed E-state index contributed by atoms with van der Waals surface area (Å²) < 4.78 is 29.3. The van der Waals surface area contributed by atoms with Gasteiger partial charge in [0.15, 0.2) is 17.2 Å². The zero-order valence-electron chi connectivity index (χ0n) is 11.8. The van der Waals surface area contributed by atoms with Crippen LogP contribution in [0.3, 0.4) is 0 Å². The number of aliphatic imine (C=N–C) groups is 1. The number of halogens is 1. The molecule has 0 aliphatic carbocycles. The number of carbonyl (C=O) groups excluding carboxylic acids is 1. The third-order valence-corrected chi connectivity index (χ3v) is 3.42. The van der Waals surface area contributed by atoms with Crippen LogP contribution in [0.25, 0.3) is 6.08 Å². The zero-order valence-corrected chi connectivity index (χ0v) is 11.8. The van der Waals surface area contributed by atoms with E-state index in [1.807, 2.05) is 0 Å². The molecule has 2 aliphatic rings. The Morgan fingerprint density at radius 1 is 1.09 bits per heavy atom. The maximum Gasteiger partial charge on any atom is 0.363 e. The predicted molar refractivity (Wildman–Crippen MR) is 79.6 cm³/mol. The quantitative estimate of drug-likeness (QED) is 0.632. The first-order chi connectivity index (χ1) is 11.2. The van der Waals surface area contributed by atoms with Gasteiger partial charge >= 0.3 is 5.97 Å². The molecule has 0 radical (unpaired) electrons. The first kappa shape index (κ1) is 13.5. The van der Waals surface area contributed by atoms with Crippen LogP contribution in [0.15, 0.2) is 53.2 Å². The van der Waals surface area contributed by atoms with Crippen molar-refractivity contribution in [3.63, 3.8) is 0 Å². The number of carbonyl (C=O) groups is 1. The first-order valence-electron chi connectivity index (χ1n) is 6.88. The average molecular weight is 311 g/mol. The topological polar surface area (TPSA) is 57.1 Å². The van der Waals surface area contributed by atoms with E-state index in [1.165, 1.54) is 12.1 Å². The van der Waals surface area contributed by atoms with E-state index in [0.717, 1.165) is 0 Å². The fraction of sp³-hybridized carbons (Fsp3) is 0.0588. The maximum absolute atomic E-state index is 13.8. The molecule has 114 valence electrons. The molecule has 4 rings (SSSR count). The molecule has 0 fully saturated rings. The molecule has 2 aromatic rings. The maximum atomic E-state index is 13.8. The Hall–Kier alpha value is -3.15.